The van der Waals surface area contributed by atoms with Gasteiger partial charge in [0.25, 0.3) is 0 Å². The van der Waals surface area contributed by atoms with Crippen LogP contribution < -0.4 is 11.1 Å². The lowest BCUT2D eigenvalue weighted by molar-refractivity contribution is -0.138. The number of carbonyl (C=O) groups is 1. The number of hydrogen-bond donors (Lipinski definition) is 3. The molecule has 1 atom stereocenters. The summed E-state index contributed by atoms with van der Waals surface area (Å²) < 4.78 is 0. The Morgan fingerprint density at radius 3 is 2.47 bits per heavy atom. The van der Waals surface area contributed by atoms with E-state index in [0.717, 1.165) is 6.54 Å². The maximum absolute atomic E-state index is 10.5. The molecule has 4 N–H and O–H groups in total. The van der Waals surface area contributed by atoms with E-state index in [9.17, 15) is 4.79 Å². The second-order valence-electron chi connectivity index (χ2n) is 4.38. The first-order valence-corrected chi connectivity index (χ1v) is 5.92. The smallest absolute Gasteiger partial charge is 0.320 e. The molecule has 1 rings (SSSR count). The van der Waals surface area contributed by atoms with Crippen LogP contribution in [-0.4, -0.2) is 29.7 Å². The van der Waals surface area contributed by atoms with Crippen LogP contribution in [-0.2, 0) is 4.79 Å². The predicted molar refractivity (Wildman–Crippen MR) is 59.7 cm³/mol. The van der Waals surface area contributed by atoms with Gasteiger partial charge in [0.2, 0.25) is 0 Å². The average Bonchev–Trinajstić information content (AvgIpc) is 2.46. The van der Waals surface area contributed by atoms with Gasteiger partial charge in [-0.3, -0.25) is 4.79 Å². The van der Waals surface area contributed by atoms with Gasteiger partial charge in [0.05, 0.1) is 0 Å². The van der Waals surface area contributed by atoms with Crippen molar-refractivity contribution < 1.29 is 9.90 Å². The van der Waals surface area contributed by atoms with Gasteiger partial charge >= 0.3 is 5.97 Å². The molecule has 1 unspecified atom stereocenters. The van der Waals surface area contributed by atoms with Gasteiger partial charge in [-0.2, -0.15) is 0 Å². The van der Waals surface area contributed by atoms with Crippen LogP contribution in [0.15, 0.2) is 0 Å². The second kappa shape index (κ2) is 6.80. The predicted octanol–water partition coefficient (Wildman–Crippen LogP) is 1.10. The van der Waals surface area contributed by atoms with Gasteiger partial charge in [-0.05, 0) is 25.8 Å². The third-order valence-corrected chi connectivity index (χ3v) is 3.06. The molecule has 0 heterocycles. The Morgan fingerprint density at radius 2 is 1.93 bits per heavy atom. The fourth-order valence-electron chi connectivity index (χ4n) is 2.05. The van der Waals surface area contributed by atoms with E-state index >= 15 is 0 Å². The van der Waals surface area contributed by atoms with Gasteiger partial charge in [-0.25, -0.2) is 0 Å². The topological polar surface area (TPSA) is 75.3 Å². The highest BCUT2D eigenvalue weighted by Gasteiger charge is 2.14. The molecule has 1 aliphatic rings. The Bertz CT molecular complexity index is 189. The van der Waals surface area contributed by atoms with Crippen LogP contribution in [0.4, 0.5) is 0 Å². The molecule has 0 radical (unpaired) electrons. The van der Waals surface area contributed by atoms with Crippen LogP contribution in [0.5, 0.6) is 0 Å². The van der Waals surface area contributed by atoms with Gasteiger partial charge in [0.1, 0.15) is 6.04 Å². The molecule has 0 saturated heterocycles. The molecule has 1 aliphatic carbocycles. The minimum absolute atomic E-state index is 0.520. The molecule has 0 spiro atoms. The maximum atomic E-state index is 10.5. The second-order valence-corrected chi connectivity index (χ2v) is 4.38. The fourth-order valence-corrected chi connectivity index (χ4v) is 2.05. The Balaban J connectivity index is 2.10. The van der Waals surface area contributed by atoms with Crippen molar-refractivity contribution >= 4 is 5.97 Å². The Kier molecular flexibility index (Phi) is 5.65. The van der Waals surface area contributed by atoms with Crippen molar-refractivity contribution in [1.82, 2.24) is 5.32 Å². The van der Waals surface area contributed by atoms with E-state index in [1.807, 2.05) is 0 Å². The highest BCUT2D eigenvalue weighted by molar-refractivity contribution is 5.72. The van der Waals surface area contributed by atoms with Crippen molar-refractivity contribution in [2.24, 2.45) is 5.73 Å². The number of nitrogens with two attached hydrogens (primary N) is 1. The lowest BCUT2D eigenvalue weighted by Crippen LogP contribution is -2.36. The molecule has 4 heteroatoms. The number of hydrogen-bond acceptors (Lipinski definition) is 3. The standard InChI is InChI=1S/C11H22N2O2/c12-10(11(14)15)7-8-13-9-5-3-1-2-4-6-9/h9-10,13H,1-8,12H2,(H,14,15). The number of carboxylic acid groups (broad SMARTS) is 1. The van der Waals surface area contributed by atoms with E-state index in [0.29, 0.717) is 12.5 Å². The van der Waals surface area contributed by atoms with Crippen LogP contribution in [0.3, 0.4) is 0 Å². The van der Waals surface area contributed by atoms with Crippen molar-refractivity contribution in [2.45, 2.75) is 57.0 Å². The molecular formula is C11H22N2O2. The van der Waals surface area contributed by atoms with E-state index in [2.05, 4.69) is 5.32 Å². The van der Waals surface area contributed by atoms with Crippen LogP contribution in [0.25, 0.3) is 0 Å². The van der Waals surface area contributed by atoms with E-state index in [-0.39, 0.29) is 0 Å². The molecule has 1 saturated carbocycles. The zero-order chi connectivity index (χ0) is 11.1. The van der Waals surface area contributed by atoms with E-state index < -0.39 is 12.0 Å². The summed E-state index contributed by atoms with van der Waals surface area (Å²) in [5.74, 6) is -0.905. The summed E-state index contributed by atoms with van der Waals surface area (Å²) in [6.45, 7) is 0.720. The van der Waals surface area contributed by atoms with Gasteiger partial charge in [0.15, 0.2) is 0 Å². The van der Waals surface area contributed by atoms with Crippen LogP contribution in [0, 0.1) is 0 Å². The molecule has 15 heavy (non-hydrogen) atoms. The molecule has 0 amide bonds. The minimum atomic E-state index is -0.905. The zero-order valence-corrected chi connectivity index (χ0v) is 9.24. The summed E-state index contributed by atoms with van der Waals surface area (Å²) in [7, 11) is 0. The van der Waals surface area contributed by atoms with E-state index in [1.54, 1.807) is 0 Å². The third kappa shape index (κ3) is 5.14. The summed E-state index contributed by atoms with van der Waals surface area (Å²) in [6.07, 6.45) is 8.24. The number of nitrogens with one attached hydrogen (secondary N) is 1. The van der Waals surface area contributed by atoms with E-state index in [4.69, 9.17) is 10.8 Å². The van der Waals surface area contributed by atoms with Crippen LogP contribution in [0.1, 0.15) is 44.9 Å². The Hall–Kier alpha value is -0.610. The van der Waals surface area contributed by atoms with Crippen molar-refractivity contribution in [2.75, 3.05) is 6.54 Å². The molecule has 1 fully saturated rings. The summed E-state index contributed by atoms with van der Waals surface area (Å²) >= 11 is 0. The highest BCUT2D eigenvalue weighted by Crippen LogP contribution is 2.16. The Morgan fingerprint density at radius 1 is 1.33 bits per heavy atom. The summed E-state index contributed by atoms with van der Waals surface area (Å²) in [5.41, 5.74) is 5.42. The number of rotatable bonds is 5. The normalized spacial score (nSPS) is 20.9. The van der Waals surface area contributed by atoms with Crippen LogP contribution >= 0.6 is 0 Å². The largest absolute Gasteiger partial charge is 0.480 e. The molecule has 0 aromatic rings. The van der Waals surface area contributed by atoms with Crippen molar-refractivity contribution in [3.8, 4) is 0 Å². The molecule has 0 aromatic carbocycles. The average molecular weight is 214 g/mol. The quantitative estimate of drug-likeness (QED) is 0.599. The summed E-state index contributed by atoms with van der Waals surface area (Å²) in [4.78, 5) is 10.5. The van der Waals surface area contributed by atoms with Gasteiger partial charge in [-0.1, -0.05) is 25.7 Å². The van der Waals surface area contributed by atoms with Crippen molar-refractivity contribution in [3.05, 3.63) is 0 Å². The van der Waals surface area contributed by atoms with Gasteiger partial charge in [0, 0.05) is 6.04 Å². The minimum Gasteiger partial charge on any atom is -0.480 e. The number of carboxylic acids is 1. The summed E-state index contributed by atoms with van der Waals surface area (Å²) in [6, 6.07) is -0.142. The maximum Gasteiger partial charge on any atom is 0.320 e. The van der Waals surface area contributed by atoms with Crippen molar-refractivity contribution in [3.63, 3.8) is 0 Å². The highest BCUT2D eigenvalue weighted by atomic mass is 16.4. The fraction of sp³-hybridized carbons (Fsp3) is 0.909. The molecule has 0 bridgehead atoms. The van der Waals surface area contributed by atoms with Gasteiger partial charge in [-0.15, -0.1) is 0 Å². The van der Waals surface area contributed by atoms with E-state index in [1.165, 1.54) is 38.5 Å². The molecule has 0 aromatic heterocycles. The lowest BCUT2D eigenvalue weighted by Gasteiger charge is -2.16. The third-order valence-electron chi connectivity index (χ3n) is 3.06. The molecule has 88 valence electrons. The van der Waals surface area contributed by atoms with Crippen molar-refractivity contribution in [1.29, 1.82) is 0 Å². The Labute approximate surface area is 91.2 Å². The summed E-state index contributed by atoms with van der Waals surface area (Å²) in [5, 5.41) is 12.0. The molecule has 4 nitrogen and oxygen atoms in total. The van der Waals surface area contributed by atoms with Gasteiger partial charge < -0.3 is 16.2 Å². The lowest BCUT2D eigenvalue weighted by atomic mass is 10.1. The number of aliphatic carboxylic acids is 1. The van der Waals surface area contributed by atoms with Crippen LogP contribution in [0.2, 0.25) is 0 Å². The zero-order valence-electron chi connectivity index (χ0n) is 9.24. The first-order valence-electron chi connectivity index (χ1n) is 5.92. The SMILES string of the molecule is NC(CCNC1CCCCCC1)C(=O)O. The first-order chi connectivity index (χ1) is 7.20. The first kappa shape index (κ1) is 12.5. The molecular weight excluding hydrogens is 192 g/mol. The monoisotopic (exact) mass is 214 g/mol. The molecule has 0 aliphatic heterocycles.